The minimum absolute atomic E-state index is 0.00707. The molecule has 1 aliphatic rings. The van der Waals surface area contributed by atoms with Gasteiger partial charge in [0.05, 0.1) is 11.4 Å². The predicted octanol–water partition coefficient (Wildman–Crippen LogP) is 6.22. The minimum atomic E-state index is -4.08. The molecule has 0 aliphatic carbocycles. The quantitative estimate of drug-likeness (QED) is 0.244. The first-order valence-electron chi connectivity index (χ1n) is 9.52. The highest BCUT2D eigenvalue weighted by molar-refractivity contribution is 9.10. The van der Waals surface area contributed by atoms with Crippen molar-refractivity contribution in [2.24, 2.45) is 0 Å². The van der Waals surface area contributed by atoms with Crippen LogP contribution in [0.4, 0.5) is 4.79 Å². The van der Waals surface area contributed by atoms with Gasteiger partial charge in [-0.15, -0.1) is 0 Å². The van der Waals surface area contributed by atoms with Gasteiger partial charge in [0.1, 0.15) is 10.6 Å². The molecule has 0 N–H and O–H groups in total. The summed E-state index contributed by atoms with van der Waals surface area (Å²) in [5.41, 5.74) is 1.14. The number of carbonyl (C=O) groups is 2. The van der Waals surface area contributed by atoms with Crippen molar-refractivity contribution in [1.82, 2.24) is 4.90 Å². The number of hydrogen-bond acceptors (Lipinski definition) is 6. The third-order valence-corrected chi connectivity index (χ3v) is 8.07. The number of hydrogen-bond donors (Lipinski definition) is 0. The van der Waals surface area contributed by atoms with Crippen LogP contribution < -0.4 is 4.18 Å². The van der Waals surface area contributed by atoms with Crippen LogP contribution in [-0.4, -0.2) is 24.5 Å². The second-order valence-corrected chi connectivity index (χ2v) is 11.2. The number of rotatable bonds is 6. The topological polar surface area (TPSA) is 80.8 Å². The zero-order valence-electron chi connectivity index (χ0n) is 16.8. The second-order valence-electron chi connectivity index (χ2n) is 6.89. The van der Waals surface area contributed by atoms with Crippen molar-refractivity contribution < 1.29 is 22.2 Å². The van der Waals surface area contributed by atoms with E-state index in [1.165, 1.54) is 24.3 Å². The van der Waals surface area contributed by atoms with Gasteiger partial charge in [0.25, 0.3) is 11.1 Å². The molecule has 3 aromatic carbocycles. The Morgan fingerprint density at radius 1 is 0.939 bits per heavy atom. The van der Waals surface area contributed by atoms with Gasteiger partial charge in [-0.1, -0.05) is 68.3 Å². The predicted molar refractivity (Wildman–Crippen MR) is 134 cm³/mol. The number of halogens is 2. The van der Waals surface area contributed by atoms with E-state index in [2.05, 4.69) is 31.9 Å². The minimum Gasteiger partial charge on any atom is -0.378 e. The summed E-state index contributed by atoms with van der Waals surface area (Å²) >= 11 is 7.57. The number of nitrogens with zero attached hydrogens (tertiary/aromatic N) is 1. The second kappa shape index (κ2) is 9.84. The first kappa shape index (κ1) is 23.7. The van der Waals surface area contributed by atoms with E-state index in [0.29, 0.717) is 10.0 Å². The standard InChI is InChI=1S/C23H15Br2NO5S2/c24-17-10-11-20(31-33(29,30)18-7-2-1-3-8-18)16(12-17)13-21-22(27)26(23(28)32-21)14-15-6-4-5-9-19(15)25/h1-13H,14H2/b21-13-. The molecular formula is C23H15Br2NO5S2. The summed E-state index contributed by atoms with van der Waals surface area (Å²) in [6.45, 7) is 0.119. The van der Waals surface area contributed by atoms with Crippen molar-refractivity contribution in [1.29, 1.82) is 0 Å². The van der Waals surface area contributed by atoms with E-state index in [0.717, 1.165) is 26.7 Å². The summed E-state index contributed by atoms with van der Waals surface area (Å²) in [4.78, 5) is 26.8. The van der Waals surface area contributed by atoms with Crippen LogP contribution in [-0.2, 0) is 21.5 Å². The summed E-state index contributed by atoms with van der Waals surface area (Å²) in [6, 6.07) is 19.8. The van der Waals surface area contributed by atoms with Gasteiger partial charge in [0, 0.05) is 14.5 Å². The van der Waals surface area contributed by atoms with E-state index >= 15 is 0 Å². The van der Waals surface area contributed by atoms with Gasteiger partial charge in [-0.25, -0.2) is 0 Å². The van der Waals surface area contributed by atoms with Crippen molar-refractivity contribution in [3.05, 3.63) is 97.8 Å². The van der Waals surface area contributed by atoms with Crippen molar-refractivity contribution in [2.75, 3.05) is 0 Å². The van der Waals surface area contributed by atoms with E-state index in [1.807, 2.05) is 24.3 Å². The maximum Gasteiger partial charge on any atom is 0.339 e. The van der Waals surface area contributed by atoms with Gasteiger partial charge in [0.2, 0.25) is 0 Å². The van der Waals surface area contributed by atoms with Crippen LogP contribution in [0.5, 0.6) is 5.75 Å². The summed E-state index contributed by atoms with van der Waals surface area (Å²) in [7, 11) is -4.08. The van der Waals surface area contributed by atoms with Gasteiger partial charge in [-0.2, -0.15) is 8.42 Å². The van der Waals surface area contributed by atoms with Crippen molar-refractivity contribution in [3.8, 4) is 5.75 Å². The molecule has 0 spiro atoms. The fourth-order valence-corrected chi connectivity index (χ4v) is 5.63. The average molecular weight is 609 g/mol. The van der Waals surface area contributed by atoms with Gasteiger partial charge < -0.3 is 4.18 Å². The molecule has 1 saturated heterocycles. The molecule has 0 radical (unpaired) electrons. The molecule has 3 aromatic rings. The third-order valence-electron chi connectivity index (χ3n) is 4.65. The van der Waals surface area contributed by atoms with Gasteiger partial charge in [-0.3, -0.25) is 14.5 Å². The number of thioether (sulfide) groups is 1. The molecule has 1 fully saturated rings. The van der Waals surface area contributed by atoms with Crippen molar-refractivity contribution in [2.45, 2.75) is 11.4 Å². The lowest BCUT2D eigenvalue weighted by Crippen LogP contribution is -2.27. The molecule has 6 nitrogen and oxygen atoms in total. The van der Waals surface area contributed by atoms with E-state index in [-0.39, 0.29) is 22.1 Å². The van der Waals surface area contributed by atoms with E-state index in [1.54, 1.807) is 30.3 Å². The van der Waals surface area contributed by atoms with E-state index in [9.17, 15) is 18.0 Å². The lowest BCUT2D eigenvalue weighted by atomic mass is 10.2. The summed E-state index contributed by atoms with van der Waals surface area (Å²) < 4.78 is 32.2. The van der Waals surface area contributed by atoms with E-state index < -0.39 is 21.3 Å². The Hall–Kier alpha value is -2.40. The Bertz CT molecular complexity index is 1370. The molecule has 1 heterocycles. The molecule has 168 valence electrons. The highest BCUT2D eigenvalue weighted by Crippen LogP contribution is 2.36. The lowest BCUT2D eigenvalue weighted by molar-refractivity contribution is -0.123. The highest BCUT2D eigenvalue weighted by Gasteiger charge is 2.35. The largest absolute Gasteiger partial charge is 0.378 e. The van der Waals surface area contributed by atoms with Crippen molar-refractivity contribution in [3.63, 3.8) is 0 Å². The SMILES string of the molecule is O=C1S/C(=C\c2cc(Br)ccc2OS(=O)(=O)c2ccccc2)C(=O)N1Cc1ccccc1Br. The molecule has 33 heavy (non-hydrogen) atoms. The van der Waals surface area contributed by atoms with Gasteiger partial charge in [-0.05, 0) is 59.8 Å². The first-order chi connectivity index (χ1) is 15.7. The normalized spacial score (nSPS) is 15.3. The fourth-order valence-electron chi connectivity index (χ4n) is 3.04. The van der Waals surface area contributed by atoms with Crippen LogP contribution in [0.3, 0.4) is 0 Å². The Labute approximate surface area is 212 Å². The number of benzene rings is 3. The fraction of sp³-hybridized carbons (Fsp3) is 0.0435. The highest BCUT2D eigenvalue weighted by atomic mass is 79.9. The summed E-state index contributed by atoms with van der Waals surface area (Å²) in [5.74, 6) is -0.419. The Kier molecular flexibility index (Phi) is 7.08. The van der Waals surface area contributed by atoms with Crippen LogP contribution in [0.1, 0.15) is 11.1 Å². The summed E-state index contributed by atoms with van der Waals surface area (Å²) in [5, 5.41) is -0.406. The monoisotopic (exact) mass is 607 g/mol. The molecule has 0 saturated carbocycles. The number of carbonyl (C=O) groups excluding carboxylic acids is 2. The molecule has 0 aromatic heterocycles. The average Bonchev–Trinajstić information content (AvgIpc) is 3.05. The van der Waals surface area contributed by atoms with Crippen LogP contribution in [0, 0.1) is 0 Å². The van der Waals surface area contributed by atoms with Crippen LogP contribution in [0.25, 0.3) is 6.08 Å². The lowest BCUT2D eigenvalue weighted by Gasteiger charge is -2.13. The molecular weight excluding hydrogens is 594 g/mol. The zero-order chi connectivity index (χ0) is 23.6. The van der Waals surface area contributed by atoms with Gasteiger partial charge >= 0.3 is 10.1 Å². The van der Waals surface area contributed by atoms with Crippen LogP contribution in [0.15, 0.2) is 91.5 Å². The maximum absolute atomic E-state index is 13.0. The molecule has 2 amide bonds. The zero-order valence-corrected chi connectivity index (χ0v) is 21.6. The smallest absolute Gasteiger partial charge is 0.339 e. The molecule has 0 bridgehead atoms. The Balaban J connectivity index is 1.64. The Morgan fingerprint density at radius 3 is 2.36 bits per heavy atom. The molecule has 1 aliphatic heterocycles. The third kappa shape index (κ3) is 5.40. The molecule has 4 rings (SSSR count). The van der Waals surface area contributed by atoms with Crippen LogP contribution >= 0.6 is 43.6 Å². The van der Waals surface area contributed by atoms with Crippen LogP contribution in [0.2, 0.25) is 0 Å². The molecule has 0 unspecified atom stereocenters. The number of imide groups is 1. The summed E-state index contributed by atoms with van der Waals surface area (Å²) in [6.07, 6.45) is 1.46. The maximum atomic E-state index is 13.0. The van der Waals surface area contributed by atoms with Crippen molar-refractivity contribution >= 4 is 71.0 Å². The molecule has 0 atom stereocenters. The van der Waals surface area contributed by atoms with E-state index in [4.69, 9.17) is 4.18 Å². The van der Waals surface area contributed by atoms with Gasteiger partial charge in [0.15, 0.2) is 0 Å². The Morgan fingerprint density at radius 2 is 1.64 bits per heavy atom. The first-order valence-corrected chi connectivity index (χ1v) is 13.3. The molecule has 10 heteroatoms. The number of amides is 2.